The van der Waals surface area contributed by atoms with Crippen molar-refractivity contribution in [1.82, 2.24) is 15.3 Å². The van der Waals surface area contributed by atoms with Crippen LogP contribution in [0.3, 0.4) is 0 Å². The minimum Gasteiger partial charge on any atom is -0.316 e. The molecule has 1 aromatic heterocycles. The molecule has 0 amide bonds. The summed E-state index contributed by atoms with van der Waals surface area (Å²) >= 11 is 4.95. The first-order chi connectivity index (χ1) is 8.69. The number of benzene rings is 1. The van der Waals surface area contributed by atoms with Gasteiger partial charge in [0.15, 0.2) is 5.16 Å². The maximum Gasteiger partial charge on any atom is 0.251 e. The number of H-pyrrole nitrogens is 1. The number of nitrogens with zero attached hydrogens (tertiary/aromatic N) is 1. The van der Waals surface area contributed by atoms with E-state index in [9.17, 15) is 4.79 Å². The highest BCUT2D eigenvalue weighted by Gasteiger charge is 2.05. The third-order valence-electron chi connectivity index (χ3n) is 2.23. The fraction of sp³-hybridized carbons (Fsp3) is 0.167. The fourth-order valence-corrected chi connectivity index (χ4v) is 2.88. The maximum absolute atomic E-state index is 11.2. The third-order valence-corrected chi connectivity index (χ3v) is 4.13. The van der Waals surface area contributed by atoms with Crippen LogP contribution in [0.25, 0.3) is 0 Å². The first kappa shape index (κ1) is 13.3. The number of hydrogen-bond acceptors (Lipinski definition) is 4. The van der Waals surface area contributed by atoms with Gasteiger partial charge in [0.25, 0.3) is 5.56 Å². The molecule has 0 aliphatic heterocycles. The van der Waals surface area contributed by atoms with Gasteiger partial charge < -0.3 is 10.3 Å². The van der Waals surface area contributed by atoms with Crippen LogP contribution < -0.4 is 10.9 Å². The molecule has 0 unspecified atom stereocenters. The maximum atomic E-state index is 11.2. The molecule has 2 N–H and O–H groups in total. The Morgan fingerprint density at radius 3 is 2.94 bits per heavy atom. The van der Waals surface area contributed by atoms with E-state index in [0.717, 1.165) is 15.9 Å². The Balaban J connectivity index is 2.22. The van der Waals surface area contributed by atoms with Gasteiger partial charge in [-0.05, 0) is 40.7 Å². The van der Waals surface area contributed by atoms with E-state index in [-0.39, 0.29) is 5.56 Å². The van der Waals surface area contributed by atoms with Crippen molar-refractivity contribution in [2.45, 2.75) is 16.6 Å². The molecule has 1 heterocycles. The van der Waals surface area contributed by atoms with Crippen molar-refractivity contribution in [2.75, 3.05) is 7.05 Å². The van der Waals surface area contributed by atoms with Gasteiger partial charge in [-0.25, -0.2) is 4.98 Å². The summed E-state index contributed by atoms with van der Waals surface area (Å²) in [6.45, 7) is 0.823. The van der Waals surface area contributed by atoms with E-state index >= 15 is 0 Å². The minimum atomic E-state index is -0.143. The molecule has 0 atom stereocenters. The summed E-state index contributed by atoms with van der Waals surface area (Å²) in [7, 11) is 1.91. The quantitative estimate of drug-likeness (QED) is 0.847. The molecule has 6 heteroatoms. The van der Waals surface area contributed by atoms with Crippen LogP contribution in [-0.2, 0) is 6.54 Å². The average Bonchev–Trinajstić information content (AvgIpc) is 2.33. The second-order valence-corrected chi connectivity index (χ2v) is 5.52. The van der Waals surface area contributed by atoms with Gasteiger partial charge in [-0.2, -0.15) is 0 Å². The molecule has 0 saturated heterocycles. The van der Waals surface area contributed by atoms with E-state index in [0.29, 0.717) is 5.16 Å². The SMILES string of the molecule is CNCc1ccc(Sc2nccc(=O)[nH]2)c(Br)c1. The molecule has 2 aromatic rings. The number of rotatable bonds is 4. The van der Waals surface area contributed by atoms with Crippen molar-refractivity contribution >= 4 is 27.7 Å². The Morgan fingerprint density at radius 2 is 2.28 bits per heavy atom. The van der Waals surface area contributed by atoms with Gasteiger partial charge in [0.1, 0.15) is 0 Å². The highest BCUT2D eigenvalue weighted by molar-refractivity contribution is 9.10. The van der Waals surface area contributed by atoms with Crippen molar-refractivity contribution < 1.29 is 0 Å². The van der Waals surface area contributed by atoms with Crippen LogP contribution in [0.15, 0.2) is 49.8 Å². The summed E-state index contributed by atoms with van der Waals surface area (Å²) in [5.74, 6) is 0. The molecule has 94 valence electrons. The van der Waals surface area contributed by atoms with Gasteiger partial charge in [-0.1, -0.05) is 17.8 Å². The van der Waals surface area contributed by atoms with Crippen molar-refractivity contribution in [3.8, 4) is 0 Å². The monoisotopic (exact) mass is 325 g/mol. The molecule has 0 aliphatic rings. The van der Waals surface area contributed by atoms with E-state index in [1.807, 2.05) is 19.2 Å². The van der Waals surface area contributed by atoms with Crippen LogP contribution >= 0.6 is 27.7 Å². The minimum absolute atomic E-state index is 0.143. The van der Waals surface area contributed by atoms with Gasteiger partial charge in [0.05, 0.1) is 0 Å². The molecular formula is C12H12BrN3OS. The second-order valence-electron chi connectivity index (χ2n) is 3.64. The van der Waals surface area contributed by atoms with Crippen molar-refractivity contribution in [3.63, 3.8) is 0 Å². The number of hydrogen-bond donors (Lipinski definition) is 2. The predicted molar refractivity (Wildman–Crippen MR) is 75.9 cm³/mol. The molecule has 0 spiro atoms. The van der Waals surface area contributed by atoms with Crippen LogP contribution in [0.1, 0.15) is 5.56 Å². The summed E-state index contributed by atoms with van der Waals surface area (Å²) in [6, 6.07) is 7.51. The zero-order valence-electron chi connectivity index (χ0n) is 9.74. The van der Waals surface area contributed by atoms with E-state index in [1.54, 1.807) is 0 Å². The van der Waals surface area contributed by atoms with Gasteiger partial charge in [-0.15, -0.1) is 0 Å². The standard InChI is InChI=1S/C12H12BrN3OS/c1-14-7-8-2-3-10(9(13)6-8)18-12-15-5-4-11(17)16-12/h2-6,14H,7H2,1H3,(H,15,16,17). The normalized spacial score (nSPS) is 10.6. The fourth-order valence-electron chi connectivity index (χ4n) is 1.45. The van der Waals surface area contributed by atoms with Crippen LogP contribution in [0.2, 0.25) is 0 Å². The lowest BCUT2D eigenvalue weighted by molar-refractivity contribution is 0.816. The second kappa shape index (κ2) is 6.17. The summed E-state index contributed by atoms with van der Waals surface area (Å²) in [5, 5.41) is 3.69. The molecular weight excluding hydrogens is 314 g/mol. The Bertz CT molecular complexity index is 600. The molecule has 0 saturated carbocycles. The van der Waals surface area contributed by atoms with E-state index < -0.39 is 0 Å². The lowest BCUT2D eigenvalue weighted by atomic mass is 10.2. The number of halogens is 1. The van der Waals surface area contributed by atoms with Crippen LogP contribution in [0.4, 0.5) is 0 Å². The first-order valence-electron chi connectivity index (χ1n) is 5.35. The van der Waals surface area contributed by atoms with Gasteiger partial charge >= 0.3 is 0 Å². The molecule has 0 bridgehead atoms. The summed E-state index contributed by atoms with van der Waals surface area (Å²) in [4.78, 5) is 19.0. The largest absolute Gasteiger partial charge is 0.316 e. The Labute approximate surface area is 117 Å². The van der Waals surface area contributed by atoms with Crippen LogP contribution in [-0.4, -0.2) is 17.0 Å². The first-order valence-corrected chi connectivity index (χ1v) is 6.96. The van der Waals surface area contributed by atoms with E-state index in [1.165, 1.54) is 29.6 Å². The number of nitrogens with one attached hydrogen (secondary N) is 2. The topological polar surface area (TPSA) is 57.8 Å². The lowest BCUT2D eigenvalue weighted by Gasteiger charge is -2.06. The molecule has 0 fully saturated rings. The molecule has 0 radical (unpaired) electrons. The van der Waals surface area contributed by atoms with Gasteiger partial charge in [-0.3, -0.25) is 4.79 Å². The average molecular weight is 326 g/mol. The molecule has 0 aliphatic carbocycles. The van der Waals surface area contributed by atoms with Crippen LogP contribution in [0.5, 0.6) is 0 Å². The van der Waals surface area contributed by atoms with Crippen molar-refractivity contribution in [1.29, 1.82) is 0 Å². The van der Waals surface area contributed by atoms with Gasteiger partial charge in [0.2, 0.25) is 0 Å². The number of aromatic amines is 1. The molecule has 18 heavy (non-hydrogen) atoms. The molecule has 4 nitrogen and oxygen atoms in total. The predicted octanol–water partition coefficient (Wildman–Crippen LogP) is 2.40. The zero-order valence-corrected chi connectivity index (χ0v) is 12.1. The van der Waals surface area contributed by atoms with Gasteiger partial charge in [0, 0.05) is 28.2 Å². The summed E-state index contributed by atoms with van der Waals surface area (Å²) in [5.41, 5.74) is 1.05. The smallest absolute Gasteiger partial charge is 0.251 e. The van der Waals surface area contributed by atoms with E-state index in [2.05, 4.69) is 37.3 Å². The van der Waals surface area contributed by atoms with Crippen LogP contribution in [0, 0.1) is 0 Å². The Morgan fingerprint density at radius 1 is 1.44 bits per heavy atom. The van der Waals surface area contributed by atoms with E-state index in [4.69, 9.17) is 0 Å². The molecule has 1 aromatic carbocycles. The summed E-state index contributed by atoms with van der Waals surface area (Å²) < 4.78 is 0.992. The zero-order chi connectivity index (χ0) is 13.0. The van der Waals surface area contributed by atoms with Crippen molar-refractivity contribution in [3.05, 3.63) is 50.9 Å². The lowest BCUT2D eigenvalue weighted by Crippen LogP contribution is -2.05. The Hall–Kier alpha value is -1.11. The Kier molecular flexibility index (Phi) is 4.57. The summed E-state index contributed by atoms with van der Waals surface area (Å²) in [6.07, 6.45) is 1.50. The van der Waals surface area contributed by atoms with Crippen molar-refractivity contribution in [2.24, 2.45) is 0 Å². The third kappa shape index (κ3) is 3.44. The molecule has 2 rings (SSSR count). The highest BCUT2D eigenvalue weighted by Crippen LogP contribution is 2.31. The highest BCUT2D eigenvalue weighted by atomic mass is 79.9. The number of aromatic nitrogens is 2.